The van der Waals surface area contributed by atoms with Gasteiger partial charge in [-0.3, -0.25) is 9.69 Å². The van der Waals surface area contributed by atoms with Crippen LogP contribution in [0.15, 0.2) is 72.9 Å². The summed E-state index contributed by atoms with van der Waals surface area (Å²) in [7, 11) is 0. The average Bonchev–Trinajstić information content (AvgIpc) is 2.96. The highest BCUT2D eigenvalue weighted by Crippen LogP contribution is 2.38. The number of nitrogens with one attached hydrogen (secondary N) is 1. The molecule has 0 saturated heterocycles. The van der Waals surface area contributed by atoms with E-state index in [-0.39, 0.29) is 12.1 Å². The Morgan fingerprint density at radius 3 is 2.62 bits per heavy atom. The van der Waals surface area contributed by atoms with Gasteiger partial charge in [-0.2, -0.15) is 0 Å². The van der Waals surface area contributed by atoms with Crippen LogP contribution in [0.3, 0.4) is 0 Å². The molecule has 1 amide bonds. The molecule has 0 radical (unpaired) electrons. The van der Waals surface area contributed by atoms with E-state index in [4.69, 9.17) is 4.74 Å². The number of hydrogen-bond acceptors (Lipinski definition) is 4. The van der Waals surface area contributed by atoms with Crippen LogP contribution in [0.1, 0.15) is 29.0 Å². The van der Waals surface area contributed by atoms with Crippen molar-refractivity contribution in [3.05, 3.63) is 84.1 Å². The molecule has 0 fully saturated rings. The standard InChI is InChI=1S/C21H19N3O2/c1-2-26-18-12-6-5-11-17(18)23-20-15-9-3-4-10-16(15)21(25)24(20)19-13-7-8-14-22-19/h3-14,20,23H,2H2,1H3/t20-/m0/s1. The van der Waals surface area contributed by atoms with Crippen LogP contribution in [-0.2, 0) is 0 Å². The molecule has 1 atom stereocenters. The highest BCUT2D eigenvalue weighted by Gasteiger charge is 2.38. The minimum absolute atomic E-state index is 0.0642. The number of hydrogen-bond donors (Lipinski definition) is 1. The van der Waals surface area contributed by atoms with Gasteiger partial charge >= 0.3 is 0 Å². The Bertz CT molecular complexity index is 927. The Morgan fingerprint density at radius 2 is 1.81 bits per heavy atom. The third-order valence-corrected chi connectivity index (χ3v) is 4.34. The zero-order valence-corrected chi connectivity index (χ0v) is 14.4. The van der Waals surface area contributed by atoms with Crippen LogP contribution in [0, 0.1) is 0 Å². The first-order valence-electron chi connectivity index (χ1n) is 8.61. The Kier molecular flexibility index (Phi) is 4.27. The van der Waals surface area contributed by atoms with E-state index in [9.17, 15) is 4.79 Å². The fourth-order valence-corrected chi connectivity index (χ4v) is 3.21. The molecule has 130 valence electrons. The number of nitrogens with zero attached hydrogens (tertiary/aromatic N) is 2. The topological polar surface area (TPSA) is 54.5 Å². The molecule has 5 heteroatoms. The summed E-state index contributed by atoms with van der Waals surface area (Å²) >= 11 is 0. The lowest BCUT2D eigenvalue weighted by molar-refractivity contribution is 0.0992. The Hall–Kier alpha value is -3.34. The number of aromatic nitrogens is 1. The fourth-order valence-electron chi connectivity index (χ4n) is 3.21. The molecule has 2 heterocycles. The maximum atomic E-state index is 13.0. The summed E-state index contributed by atoms with van der Waals surface area (Å²) in [6, 6.07) is 20.9. The number of carbonyl (C=O) groups is 1. The molecule has 1 aliphatic rings. The summed E-state index contributed by atoms with van der Waals surface area (Å²) in [4.78, 5) is 19.1. The molecular formula is C21H19N3O2. The van der Waals surface area contributed by atoms with Gasteiger partial charge < -0.3 is 10.1 Å². The molecule has 4 rings (SSSR count). The van der Waals surface area contributed by atoms with Crippen molar-refractivity contribution >= 4 is 17.4 Å². The van der Waals surface area contributed by atoms with Gasteiger partial charge in [0.15, 0.2) is 0 Å². The SMILES string of the molecule is CCOc1ccccc1N[C@@H]1c2ccccc2C(=O)N1c1ccccn1. The average molecular weight is 345 g/mol. The smallest absolute Gasteiger partial charge is 0.261 e. The highest BCUT2D eigenvalue weighted by molar-refractivity contribution is 6.11. The molecular weight excluding hydrogens is 326 g/mol. The second-order valence-corrected chi connectivity index (χ2v) is 5.93. The van der Waals surface area contributed by atoms with Crippen molar-refractivity contribution in [2.75, 3.05) is 16.8 Å². The van der Waals surface area contributed by atoms with Crippen LogP contribution >= 0.6 is 0 Å². The number of anilines is 2. The van der Waals surface area contributed by atoms with Gasteiger partial charge in [-0.1, -0.05) is 36.4 Å². The van der Waals surface area contributed by atoms with Crippen molar-refractivity contribution in [3.63, 3.8) is 0 Å². The molecule has 0 aliphatic carbocycles. The van der Waals surface area contributed by atoms with E-state index in [1.807, 2.05) is 73.7 Å². The van der Waals surface area contributed by atoms with E-state index >= 15 is 0 Å². The summed E-state index contributed by atoms with van der Waals surface area (Å²) in [5, 5.41) is 3.47. The molecule has 0 bridgehead atoms. The lowest BCUT2D eigenvalue weighted by Gasteiger charge is -2.27. The third kappa shape index (κ3) is 2.77. The molecule has 0 spiro atoms. The van der Waals surface area contributed by atoms with Gasteiger partial charge in [0.05, 0.1) is 12.3 Å². The van der Waals surface area contributed by atoms with Gasteiger partial charge in [-0.15, -0.1) is 0 Å². The normalized spacial score (nSPS) is 15.7. The van der Waals surface area contributed by atoms with Crippen LogP contribution in [0.2, 0.25) is 0 Å². The van der Waals surface area contributed by atoms with E-state index in [1.165, 1.54) is 0 Å². The van der Waals surface area contributed by atoms with Crippen LogP contribution in [0.5, 0.6) is 5.75 Å². The number of pyridine rings is 1. The highest BCUT2D eigenvalue weighted by atomic mass is 16.5. The van der Waals surface area contributed by atoms with Crippen molar-refractivity contribution in [1.82, 2.24) is 4.98 Å². The Balaban J connectivity index is 1.77. The second kappa shape index (κ2) is 6.88. The number of rotatable bonds is 5. The van der Waals surface area contributed by atoms with Crippen molar-refractivity contribution in [2.45, 2.75) is 13.1 Å². The van der Waals surface area contributed by atoms with E-state index in [1.54, 1.807) is 11.1 Å². The maximum absolute atomic E-state index is 13.0. The molecule has 0 saturated carbocycles. The van der Waals surface area contributed by atoms with Gasteiger partial charge in [0, 0.05) is 17.3 Å². The monoisotopic (exact) mass is 345 g/mol. The molecule has 1 aromatic heterocycles. The number of para-hydroxylation sites is 2. The molecule has 0 unspecified atom stereocenters. The van der Waals surface area contributed by atoms with E-state index in [0.717, 1.165) is 17.0 Å². The Morgan fingerprint density at radius 1 is 1.04 bits per heavy atom. The molecule has 5 nitrogen and oxygen atoms in total. The Labute approximate surface area is 152 Å². The van der Waals surface area contributed by atoms with Crippen LogP contribution in [-0.4, -0.2) is 17.5 Å². The number of benzene rings is 2. The minimum Gasteiger partial charge on any atom is -0.492 e. The summed E-state index contributed by atoms with van der Waals surface area (Å²) in [5.41, 5.74) is 2.45. The zero-order valence-electron chi connectivity index (χ0n) is 14.4. The van der Waals surface area contributed by atoms with Crippen LogP contribution in [0.4, 0.5) is 11.5 Å². The largest absolute Gasteiger partial charge is 0.492 e. The predicted octanol–water partition coefficient (Wildman–Crippen LogP) is 4.25. The second-order valence-electron chi connectivity index (χ2n) is 5.93. The minimum atomic E-state index is -0.352. The van der Waals surface area contributed by atoms with Crippen molar-refractivity contribution in [2.24, 2.45) is 0 Å². The first kappa shape index (κ1) is 16.1. The predicted molar refractivity (Wildman–Crippen MR) is 101 cm³/mol. The number of amides is 1. The first-order valence-corrected chi connectivity index (χ1v) is 8.61. The quantitative estimate of drug-likeness (QED) is 0.751. The third-order valence-electron chi connectivity index (χ3n) is 4.34. The van der Waals surface area contributed by atoms with Gasteiger partial charge in [0.1, 0.15) is 17.7 Å². The first-order chi connectivity index (χ1) is 12.8. The number of carbonyl (C=O) groups excluding carboxylic acids is 1. The van der Waals surface area contributed by atoms with E-state index in [2.05, 4.69) is 10.3 Å². The van der Waals surface area contributed by atoms with Gasteiger partial charge in [-0.25, -0.2) is 4.98 Å². The van der Waals surface area contributed by atoms with E-state index < -0.39 is 0 Å². The van der Waals surface area contributed by atoms with E-state index in [0.29, 0.717) is 18.0 Å². The summed E-state index contributed by atoms with van der Waals surface area (Å²) in [5.74, 6) is 1.30. The molecule has 3 aromatic rings. The van der Waals surface area contributed by atoms with Crippen molar-refractivity contribution in [1.29, 1.82) is 0 Å². The van der Waals surface area contributed by atoms with Crippen LogP contribution in [0.25, 0.3) is 0 Å². The molecule has 26 heavy (non-hydrogen) atoms. The summed E-state index contributed by atoms with van der Waals surface area (Å²) in [6.45, 7) is 2.52. The molecule has 1 N–H and O–H groups in total. The molecule has 1 aliphatic heterocycles. The maximum Gasteiger partial charge on any atom is 0.261 e. The van der Waals surface area contributed by atoms with Gasteiger partial charge in [0.25, 0.3) is 5.91 Å². The lowest BCUT2D eigenvalue weighted by Crippen LogP contribution is -2.33. The summed E-state index contributed by atoms with van der Waals surface area (Å²) < 4.78 is 5.72. The van der Waals surface area contributed by atoms with Gasteiger partial charge in [0.2, 0.25) is 0 Å². The summed E-state index contributed by atoms with van der Waals surface area (Å²) in [6.07, 6.45) is 1.34. The molecule has 2 aromatic carbocycles. The number of ether oxygens (including phenoxy) is 1. The lowest BCUT2D eigenvalue weighted by atomic mass is 10.1. The zero-order chi connectivity index (χ0) is 17.9. The van der Waals surface area contributed by atoms with Gasteiger partial charge in [-0.05, 0) is 37.3 Å². The fraction of sp³-hybridized carbons (Fsp3) is 0.143. The number of fused-ring (bicyclic) bond motifs is 1. The van der Waals surface area contributed by atoms with Crippen molar-refractivity contribution < 1.29 is 9.53 Å². The van der Waals surface area contributed by atoms with Crippen LogP contribution < -0.4 is 15.0 Å². The van der Waals surface area contributed by atoms with Crippen molar-refractivity contribution in [3.8, 4) is 5.75 Å².